The number of nitrogens with one attached hydrogen (secondary N) is 1. The maximum atomic E-state index is 11.8. The Bertz CT molecular complexity index is 671. The molecule has 0 bridgehead atoms. The SMILES string of the molecule is C=C(C)C(=O)OCC(=O)Nc1cccc2ccccc12. The molecule has 0 unspecified atom stereocenters. The van der Waals surface area contributed by atoms with E-state index < -0.39 is 5.97 Å². The van der Waals surface area contributed by atoms with Crippen LogP contribution in [0.5, 0.6) is 0 Å². The summed E-state index contributed by atoms with van der Waals surface area (Å²) in [5, 5.41) is 4.70. The summed E-state index contributed by atoms with van der Waals surface area (Å²) in [5.41, 5.74) is 0.961. The fourth-order valence-electron chi connectivity index (χ4n) is 1.77. The first-order chi connectivity index (χ1) is 9.58. The van der Waals surface area contributed by atoms with E-state index in [9.17, 15) is 9.59 Å². The van der Waals surface area contributed by atoms with Gasteiger partial charge in [-0.3, -0.25) is 4.79 Å². The molecule has 1 amide bonds. The number of ether oxygens (including phenoxy) is 1. The van der Waals surface area contributed by atoms with Crippen molar-refractivity contribution in [1.29, 1.82) is 0 Å². The number of amides is 1. The van der Waals surface area contributed by atoms with E-state index in [1.54, 1.807) is 6.07 Å². The Labute approximate surface area is 117 Å². The normalized spacial score (nSPS) is 10.1. The Balaban J connectivity index is 2.07. The lowest BCUT2D eigenvalue weighted by molar-refractivity contribution is -0.143. The van der Waals surface area contributed by atoms with Gasteiger partial charge in [0.2, 0.25) is 0 Å². The second-order valence-electron chi connectivity index (χ2n) is 4.43. The van der Waals surface area contributed by atoms with Crippen LogP contribution in [0.3, 0.4) is 0 Å². The number of hydrogen-bond acceptors (Lipinski definition) is 3. The van der Waals surface area contributed by atoms with Crippen molar-refractivity contribution in [3.8, 4) is 0 Å². The molecule has 0 aliphatic heterocycles. The summed E-state index contributed by atoms with van der Waals surface area (Å²) < 4.78 is 4.80. The van der Waals surface area contributed by atoms with Gasteiger partial charge in [0.15, 0.2) is 6.61 Å². The minimum Gasteiger partial charge on any atom is -0.452 e. The lowest BCUT2D eigenvalue weighted by Gasteiger charge is -2.09. The van der Waals surface area contributed by atoms with Crippen LogP contribution >= 0.6 is 0 Å². The molecule has 0 spiro atoms. The molecule has 1 N–H and O–H groups in total. The number of rotatable bonds is 4. The summed E-state index contributed by atoms with van der Waals surface area (Å²) in [6.45, 7) is 4.66. The average Bonchev–Trinajstić information content (AvgIpc) is 2.45. The zero-order valence-electron chi connectivity index (χ0n) is 11.2. The van der Waals surface area contributed by atoms with E-state index in [0.717, 1.165) is 10.8 Å². The molecule has 4 nitrogen and oxygen atoms in total. The molecule has 0 saturated heterocycles. The van der Waals surface area contributed by atoms with Crippen molar-refractivity contribution in [2.45, 2.75) is 6.92 Å². The molecule has 0 aromatic heterocycles. The Morgan fingerprint density at radius 2 is 1.85 bits per heavy atom. The summed E-state index contributed by atoms with van der Waals surface area (Å²) in [4.78, 5) is 23.0. The monoisotopic (exact) mass is 269 g/mol. The fraction of sp³-hybridized carbons (Fsp3) is 0.125. The van der Waals surface area contributed by atoms with Crippen LogP contribution in [0.15, 0.2) is 54.6 Å². The second kappa shape index (κ2) is 6.02. The highest BCUT2D eigenvalue weighted by Gasteiger charge is 2.09. The molecule has 20 heavy (non-hydrogen) atoms. The van der Waals surface area contributed by atoms with E-state index in [1.165, 1.54) is 6.92 Å². The lowest BCUT2D eigenvalue weighted by atomic mass is 10.1. The minimum atomic E-state index is -0.571. The van der Waals surface area contributed by atoms with E-state index >= 15 is 0 Å². The van der Waals surface area contributed by atoms with Crippen LogP contribution < -0.4 is 5.32 Å². The third-order valence-corrected chi connectivity index (χ3v) is 2.75. The summed E-state index contributed by atoms with van der Waals surface area (Å²) in [7, 11) is 0. The Kier molecular flexibility index (Phi) is 4.15. The highest BCUT2D eigenvalue weighted by atomic mass is 16.5. The van der Waals surface area contributed by atoms with E-state index in [1.807, 2.05) is 36.4 Å². The molecule has 0 atom stereocenters. The first-order valence-electron chi connectivity index (χ1n) is 6.18. The van der Waals surface area contributed by atoms with Gasteiger partial charge in [-0.15, -0.1) is 0 Å². The molecule has 4 heteroatoms. The second-order valence-corrected chi connectivity index (χ2v) is 4.43. The molecule has 0 radical (unpaired) electrons. The fourth-order valence-corrected chi connectivity index (χ4v) is 1.77. The number of anilines is 1. The zero-order chi connectivity index (χ0) is 14.5. The molecule has 2 aromatic carbocycles. The molecular weight excluding hydrogens is 254 g/mol. The Hall–Kier alpha value is -2.62. The topological polar surface area (TPSA) is 55.4 Å². The van der Waals surface area contributed by atoms with Crippen molar-refractivity contribution in [2.24, 2.45) is 0 Å². The predicted octanol–water partition coefficient (Wildman–Crippen LogP) is 2.90. The molecule has 0 saturated carbocycles. The lowest BCUT2D eigenvalue weighted by Crippen LogP contribution is -2.21. The van der Waals surface area contributed by atoms with Gasteiger partial charge in [0.25, 0.3) is 5.91 Å². The van der Waals surface area contributed by atoms with Crippen LogP contribution in [0.1, 0.15) is 6.92 Å². The van der Waals surface area contributed by atoms with Crippen LogP contribution in [-0.2, 0) is 14.3 Å². The quantitative estimate of drug-likeness (QED) is 0.686. The van der Waals surface area contributed by atoms with E-state index in [-0.39, 0.29) is 18.1 Å². The Morgan fingerprint density at radius 3 is 2.60 bits per heavy atom. The maximum Gasteiger partial charge on any atom is 0.333 e. The van der Waals surface area contributed by atoms with Crippen LogP contribution in [0.2, 0.25) is 0 Å². The largest absolute Gasteiger partial charge is 0.452 e. The molecule has 102 valence electrons. The molecular formula is C16H15NO3. The Morgan fingerprint density at radius 1 is 1.15 bits per heavy atom. The number of fused-ring (bicyclic) bond motifs is 1. The van der Waals surface area contributed by atoms with Crippen molar-refractivity contribution < 1.29 is 14.3 Å². The van der Waals surface area contributed by atoms with Gasteiger partial charge < -0.3 is 10.1 Å². The standard InChI is InChI=1S/C16H15NO3/c1-11(2)16(19)20-10-15(18)17-14-9-5-7-12-6-3-4-8-13(12)14/h3-9H,1,10H2,2H3,(H,17,18). The van der Waals surface area contributed by atoms with Gasteiger partial charge in [0.1, 0.15) is 0 Å². The van der Waals surface area contributed by atoms with Gasteiger partial charge in [-0.05, 0) is 18.4 Å². The number of hydrogen-bond donors (Lipinski definition) is 1. The van der Waals surface area contributed by atoms with Gasteiger partial charge >= 0.3 is 5.97 Å². The minimum absolute atomic E-state index is 0.267. The summed E-state index contributed by atoms with van der Waals surface area (Å²) in [5.74, 6) is -0.950. The molecule has 2 rings (SSSR count). The number of esters is 1. The predicted molar refractivity (Wildman–Crippen MR) is 78.4 cm³/mol. The average molecular weight is 269 g/mol. The van der Waals surface area contributed by atoms with Gasteiger partial charge in [-0.25, -0.2) is 4.79 Å². The van der Waals surface area contributed by atoms with Crippen molar-refractivity contribution in [3.05, 3.63) is 54.6 Å². The zero-order valence-corrected chi connectivity index (χ0v) is 11.2. The summed E-state index contributed by atoms with van der Waals surface area (Å²) in [6.07, 6.45) is 0. The molecule has 0 heterocycles. The van der Waals surface area contributed by atoms with Crippen LogP contribution in [-0.4, -0.2) is 18.5 Å². The van der Waals surface area contributed by atoms with Crippen molar-refractivity contribution in [2.75, 3.05) is 11.9 Å². The van der Waals surface area contributed by atoms with Gasteiger partial charge in [0.05, 0.1) is 0 Å². The van der Waals surface area contributed by atoms with Crippen molar-refractivity contribution in [3.63, 3.8) is 0 Å². The van der Waals surface area contributed by atoms with Crippen molar-refractivity contribution in [1.82, 2.24) is 0 Å². The maximum absolute atomic E-state index is 11.8. The van der Waals surface area contributed by atoms with Gasteiger partial charge in [0, 0.05) is 16.6 Å². The van der Waals surface area contributed by atoms with Crippen LogP contribution in [0, 0.1) is 0 Å². The smallest absolute Gasteiger partial charge is 0.333 e. The molecule has 2 aromatic rings. The first-order valence-corrected chi connectivity index (χ1v) is 6.18. The van der Waals surface area contributed by atoms with E-state index in [0.29, 0.717) is 5.69 Å². The molecule has 0 aliphatic rings. The highest BCUT2D eigenvalue weighted by molar-refractivity contribution is 6.03. The summed E-state index contributed by atoms with van der Waals surface area (Å²) >= 11 is 0. The number of carbonyl (C=O) groups excluding carboxylic acids is 2. The van der Waals surface area contributed by atoms with E-state index in [2.05, 4.69) is 11.9 Å². The van der Waals surface area contributed by atoms with Crippen LogP contribution in [0.25, 0.3) is 10.8 Å². The summed E-state index contributed by atoms with van der Waals surface area (Å²) in [6, 6.07) is 13.4. The third kappa shape index (κ3) is 3.23. The van der Waals surface area contributed by atoms with Gasteiger partial charge in [-0.2, -0.15) is 0 Å². The molecule has 0 fully saturated rings. The number of carbonyl (C=O) groups is 2. The number of benzene rings is 2. The van der Waals surface area contributed by atoms with E-state index in [4.69, 9.17) is 4.74 Å². The van der Waals surface area contributed by atoms with Gasteiger partial charge in [-0.1, -0.05) is 43.0 Å². The van der Waals surface area contributed by atoms with Crippen molar-refractivity contribution >= 4 is 28.3 Å². The highest BCUT2D eigenvalue weighted by Crippen LogP contribution is 2.22. The third-order valence-electron chi connectivity index (χ3n) is 2.75. The molecule has 0 aliphatic carbocycles. The first kappa shape index (κ1) is 13.8. The van der Waals surface area contributed by atoms with Crippen LogP contribution in [0.4, 0.5) is 5.69 Å².